The summed E-state index contributed by atoms with van der Waals surface area (Å²) in [5.41, 5.74) is 2.77. The van der Waals surface area contributed by atoms with E-state index in [-0.39, 0.29) is 11.8 Å². The molecule has 1 fully saturated rings. The number of halogens is 1. The van der Waals surface area contributed by atoms with Gasteiger partial charge in [-0.05, 0) is 37.5 Å². The van der Waals surface area contributed by atoms with Crippen molar-refractivity contribution in [3.63, 3.8) is 0 Å². The molecule has 3 aromatic rings. The molecular weight excluding hydrogens is 520 g/mol. The van der Waals surface area contributed by atoms with Crippen LogP contribution in [0.5, 0.6) is 0 Å². The molecule has 0 spiro atoms. The fourth-order valence-corrected chi connectivity index (χ4v) is 5.50. The summed E-state index contributed by atoms with van der Waals surface area (Å²) >= 11 is 6.50. The van der Waals surface area contributed by atoms with Crippen LogP contribution >= 0.6 is 11.6 Å². The molecule has 3 heterocycles. The number of nitrogens with one attached hydrogen (secondary N) is 2. The summed E-state index contributed by atoms with van der Waals surface area (Å²) in [7, 11) is 13.4. The highest BCUT2D eigenvalue weighted by atomic mass is 35.5. The number of piperidine rings is 1. The number of benzene rings is 1. The molecule has 0 saturated carbocycles. The molecule has 2 N–H and O–H groups in total. The number of nitriles is 1. The van der Waals surface area contributed by atoms with E-state index >= 15 is 0 Å². The van der Waals surface area contributed by atoms with E-state index in [2.05, 4.69) is 31.8 Å². The fraction of sp³-hybridized carbons (Fsp3) is 0.391. The fourth-order valence-electron chi connectivity index (χ4n) is 4.07. The number of hydrogen-bond donors (Lipinski definition) is 2. The number of anilines is 1. The summed E-state index contributed by atoms with van der Waals surface area (Å²) in [5, 5.41) is 19.0. The van der Waals surface area contributed by atoms with Crippen molar-refractivity contribution in [2.24, 2.45) is 0 Å². The van der Waals surface area contributed by atoms with Gasteiger partial charge in [0.1, 0.15) is 6.07 Å². The van der Waals surface area contributed by atoms with E-state index in [1.54, 1.807) is 36.1 Å². The molecule has 1 aromatic carbocycles. The number of aromatic nitrogens is 4. The number of nitrogens with zero attached hydrogens (tertiary/aromatic N) is 6. The summed E-state index contributed by atoms with van der Waals surface area (Å²) < 4.78 is 27.3. The van der Waals surface area contributed by atoms with Gasteiger partial charge in [-0.1, -0.05) is 22.9 Å². The molecule has 15 heteroatoms. The first-order valence-electron chi connectivity index (χ1n) is 12.0. The second-order valence-electron chi connectivity index (χ2n) is 9.03. The Morgan fingerprint density at radius 1 is 1.24 bits per heavy atom. The third-order valence-corrected chi connectivity index (χ3v) is 8.35. The lowest BCUT2D eigenvalue weighted by atomic mass is 9.49. The maximum Gasteiger partial charge on any atom is 0.223 e. The molecule has 0 bridgehead atoms. The topological polar surface area (TPSA) is 129 Å². The highest BCUT2D eigenvalue weighted by Crippen LogP contribution is 2.27. The molecule has 0 unspecified atom stereocenters. The van der Waals surface area contributed by atoms with Crippen LogP contribution in [0.15, 0.2) is 36.8 Å². The Labute approximate surface area is 231 Å². The zero-order valence-corrected chi connectivity index (χ0v) is 22.4. The quantitative estimate of drug-likeness (QED) is 0.386. The lowest BCUT2D eigenvalue weighted by Crippen LogP contribution is -2.46. The van der Waals surface area contributed by atoms with Gasteiger partial charge in [0.25, 0.3) is 0 Å². The summed E-state index contributed by atoms with van der Waals surface area (Å²) in [6, 6.07) is 7.52. The minimum atomic E-state index is -3.20. The largest absolute Gasteiger partial charge is 0.351 e. The van der Waals surface area contributed by atoms with Crippen LogP contribution in [0.1, 0.15) is 30.9 Å². The molecule has 1 saturated heterocycles. The summed E-state index contributed by atoms with van der Waals surface area (Å²) in [5.74, 6) is 0.444. The molecule has 6 radical (unpaired) electrons. The molecular formula is C23H24B3ClN8O2S. The van der Waals surface area contributed by atoms with E-state index in [0.29, 0.717) is 66.0 Å². The second-order valence-corrected chi connectivity index (χ2v) is 11.7. The van der Waals surface area contributed by atoms with Gasteiger partial charge in [0.05, 0.1) is 63.7 Å². The average molecular weight is 544 g/mol. The van der Waals surface area contributed by atoms with E-state index in [0.717, 1.165) is 5.56 Å². The summed E-state index contributed by atoms with van der Waals surface area (Å²) in [6.45, 7) is 2.84. The highest BCUT2D eigenvalue weighted by Gasteiger charge is 2.27. The number of hydrogen-bond acceptors (Lipinski definition) is 8. The third kappa shape index (κ3) is 6.77. The van der Waals surface area contributed by atoms with Crippen LogP contribution in [-0.4, -0.2) is 86.1 Å². The normalized spacial score (nSPS) is 15.3. The van der Waals surface area contributed by atoms with Crippen molar-refractivity contribution < 1.29 is 8.42 Å². The van der Waals surface area contributed by atoms with Crippen LogP contribution in [0.4, 0.5) is 5.95 Å². The first-order valence-corrected chi connectivity index (χ1v) is 13.9. The van der Waals surface area contributed by atoms with Gasteiger partial charge in [-0.2, -0.15) is 10.4 Å². The molecule has 0 atom stereocenters. The number of sulfonamides is 1. The van der Waals surface area contributed by atoms with Crippen molar-refractivity contribution in [2.45, 2.75) is 37.6 Å². The summed E-state index contributed by atoms with van der Waals surface area (Å²) in [4.78, 5) is 8.86. The van der Waals surface area contributed by atoms with Crippen molar-refractivity contribution in [3.8, 4) is 23.0 Å². The molecule has 38 heavy (non-hydrogen) atoms. The molecule has 2 aromatic heterocycles. The van der Waals surface area contributed by atoms with Crippen molar-refractivity contribution in [2.75, 3.05) is 24.2 Å². The maximum atomic E-state index is 12.1. The Morgan fingerprint density at radius 2 is 1.97 bits per heavy atom. The van der Waals surface area contributed by atoms with Gasteiger partial charge in [0, 0.05) is 37.4 Å². The van der Waals surface area contributed by atoms with Crippen LogP contribution in [0, 0.1) is 11.3 Å². The van der Waals surface area contributed by atoms with Gasteiger partial charge in [-0.3, -0.25) is 0 Å². The van der Waals surface area contributed by atoms with Crippen molar-refractivity contribution in [3.05, 3.63) is 52.9 Å². The van der Waals surface area contributed by atoms with E-state index < -0.39 is 15.3 Å². The van der Waals surface area contributed by atoms with Crippen molar-refractivity contribution in [1.82, 2.24) is 29.4 Å². The van der Waals surface area contributed by atoms with Crippen molar-refractivity contribution in [1.29, 1.82) is 5.26 Å². The smallest absolute Gasteiger partial charge is 0.223 e. The maximum absolute atomic E-state index is 12.1. The SMILES string of the molecule is [B]C([B])([B])NCc1ccc(-n2cc(-c3nc(NC4CCN(S(=O)(=O)CC)CC4)ncc3C#N)cn2)c(Cl)c1. The highest BCUT2D eigenvalue weighted by molar-refractivity contribution is 7.89. The third-order valence-electron chi connectivity index (χ3n) is 6.17. The van der Waals surface area contributed by atoms with Crippen LogP contribution < -0.4 is 10.6 Å². The van der Waals surface area contributed by atoms with Crippen LogP contribution in [0.2, 0.25) is 5.02 Å². The van der Waals surface area contributed by atoms with E-state index in [9.17, 15) is 13.7 Å². The lowest BCUT2D eigenvalue weighted by molar-refractivity contribution is 0.329. The molecule has 190 valence electrons. The van der Waals surface area contributed by atoms with E-state index in [4.69, 9.17) is 35.1 Å². The van der Waals surface area contributed by atoms with E-state index in [1.165, 1.54) is 10.5 Å². The Hall–Kier alpha value is -2.85. The van der Waals surface area contributed by atoms with Crippen LogP contribution in [-0.2, 0) is 16.6 Å². The first-order chi connectivity index (χ1) is 18.0. The summed E-state index contributed by atoms with van der Waals surface area (Å²) in [6.07, 6.45) is 6.04. The van der Waals surface area contributed by atoms with Crippen LogP contribution in [0.3, 0.4) is 0 Å². The van der Waals surface area contributed by atoms with Crippen molar-refractivity contribution >= 4 is 51.1 Å². The molecule has 10 nitrogen and oxygen atoms in total. The Morgan fingerprint density at radius 3 is 2.61 bits per heavy atom. The predicted molar refractivity (Wildman–Crippen MR) is 149 cm³/mol. The average Bonchev–Trinajstić information content (AvgIpc) is 3.37. The van der Waals surface area contributed by atoms with Gasteiger partial charge in [0.2, 0.25) is 16.0 Å². The Balaban J connectivity index is 1.50. The second kappa shape index (κ2) is 11.5. The molecule has 0 aliphatic carbocycles. The standard InChI is InChI=1S/C23H24B3ClN8O2S/c1-2-38(36,37)34-7-5-18(6-8-34)32-22-29-12-16(10-28)21(33-22)17-13-31-35(14-17)20-4-3-15(9-19(20)27)11-30-23(24,25)26/h3-4,9,12-14,18,30H,2,5-8,11H2,1H3,(H,29,32,33). The molecule has 0 amide bonds. The molecule has 4 rings (SSSR count). The van der Waals surface area contributed by atoms with Gasteiger partial charge in [-0.25, -0.2) is 27.4 Å². The first kappa shape index (κ1) is 28.2. The van der Waals surface area contributed by atoms with Gasteiger partial charge >= 0.3 is 0 Å². The van der Waals surface area contributed by atoms with Gasteiger partial charge < -0.3 is 10.6 Å². The van der Waals surface area contributed by atoms with Crippen LogP contribution in [0.25, 0.3) is 16.9 Å². The molecule has 1 aliphatic rings. The number of rotatable bonds is 9. The predicted octanol–water partition coefficient (Wildman–Crippen LogP) is 1.29. The van der Waals surface area contributed by atoms with Gasteiger partial charge in [0.15, 0.2) is 0 Å². The van der Waals surface area contributed by atoms with Gasteiger partial charge in [-0.15, -0.1) is 0 Å². The van der Waals surface area contributed by atoms with E-state index in [1.807, 2.05) is 6.07 Å². The zero-order valence-electron chi connectivity index (χ0n) is 20.8. The Kier molecular flexibility index (Phi) is 8.52. The molecule has 1 aliphatic heterocycles. The minimum Gasteiger partial charge on any atom is -0.351 e. The lowest BCUT2D eigenvalue weighted by Gasteiger charge is -2.31. The minimum absolute atomic E-state index is 0.0107. The monoisotopic (exact) mass is 544 g/mol. The Bertz CT molecular complexity index is 1450. The zero-order chi connectivity index (χ0) is 27.5.